The third kappa shape index (κ3) is 5.92. The Morgan fingerprint density at radius 3 is 2.47 bits per heavy atom. The molecule has 8 heteroatoms. The highest BCUT2D eigenvalue weighted by molar-refractivity contribution is 6.33. The molecule has 0 radical (unpaired) electrons. The molecule has 6 nitrogen and oxygen atoms in total. The molecule has 0 aromatic heterocycles. The molecule has 0 saturated carbocycles. The maximum absolute atomic E-state index is 13.8. The molecule has 0 saturated heterocycles. The number of nitro groups is 1. The second-order valence-electron chi connectivity index (χ2n) is 6.51. The summed E-state index contributed by atoms with van der Waals surface area (Å²) in [5.74, 6) is 0.406. The van der Waals surface area contributed by atoms with Gasteiger partial charge in [-0.3, -0.25) is 10.1 Å². The van der Waals surface area contributed by atoms with E-state index in [0.29, 0.717) is 41.7 Å². The van der Waals surface area contributed by atoms with Crippen LogP contribution in [-0.4, -0.2) is 18.0 Å². The molecule has 30 heavy (non-hydrogen) atoms. The lowest BCUT2D eigenvalue weighted by Gasteiger charge is -2.13. The van der Waals surface area contributed by atoms with Gasteiger partial charge in [0, 0.05) is 42.9 Å². The van der Waals surface area contributed by atoms with E-state index in [9.17, 15) is 14.5 Å². The lowest BCUT2D eigenvalue weighted by atomic mass is 10.2. The van der Waals surface area contributed by atoms with Gasteiger partial charge >= 0.3 is 0 Å². The topological polar surface area (TPSA) is 76.4 Å². The molecule has 0 spiro atoms. The SMILES string of the molecule is O=[N+]([O-])c1ccc(NCCNCc2ccccc2OCc2ccccc2F)c(Cl)c1. The van der Waals surface area contributed by atoms with Crippen molar-refractivity contribution in [2.24, 2.45) is 0 Å². The molecule has 0 aliphatic heterocycles. The zero-order valence-electron chi connectivity index (χ0n) is 16.1. The fraction of sp³-hybridized carbons (Fsp3) is 0.182. The van der Waals surface area contributed by atoms with Crippen molar-refractivity contribution in [1.82, 2.24) is 5.32 Å². The maximum Gasteiger partial charge on any atom is 0.271 e. The Kier molecular flexibility index (Phi) is 7.59. The second-order valence-corrected chi connectivity index (χ2v) is 6.92. The van der Waals surface area contributed by atoms with Gasteiger partial charge < -0.3 is 15.4 Å². The third-order valence-corrected chi connectivity index (χ3v) is 4.72. The summed E-state index contributed by atoms with van der Waals surface area (Å²) >= 11 is 6.07. The Morgan fingerprint density at radius 1 is 1.00 bits per heavy atom. The van der Waals surface area contributed by atoms with Gasteiger partial charge in [0.2, 0.25) is 0 Å². The summed E-state index contributed by atoms with van der Waals surface area (Å²) in [5.41, 5.74) is 2.06. The minimum Gasteiger partial charge on any atom is -0.488 e. The fourth-order valence-electron chi connectivity index (χ4n) is 2.83. The van der Waals surface area contributed by atoms with Crippen LogP contribution in [-0.2, 0) is 13.2 Å². The summed E-state index contributed by atoms with van der Waals surface area (Å²) in [6.07, 6.45) is 0. The van der Waals surface area contributed by atoms with Gasteiger partial charge in [-0.2, -0.15) is 0 Å². The molecule has 0 atom stereocenters. The number of non-ortho nitro benzene ring substituents is 1. The van der Waals surface area contributed by atoms with Crippen molar-refractivity contribution in [3.05, 3.63) is 98.8 Å². The van der Waals surface area contributed by atoms with Crippen LogP contribution in [0.2, 0.25) is 5.02 Å². The average Bonchev–Trinajstić information content (AvgIpc) is 2.74. The van der Waals surface area contributed by atoms with Crippen LogP contribution in [0.25, 0.3) is 0 Å². The number of hydrogen-bond donors (Lipinski definition) is 2. The van der Waals surface area contributed by atoms with E-state index in [0.717, 1.165) is 5.56 Å². The first kappa shape index (κ1) is 21.5. The summed E-state index contributed by atoms with van der Waals surface area (Å²) in [5, 5.41) is 17.5. The van der Waals surface area contributed by atoms with Crippen molar-refractivity contribution >= 4 is 23.0 Å². The Morgan fingerprint density at radius 2 is 1.73 bits per heavy atom. The van der Waals surface area contributed by atoms with Crippen LogP contribution < -0.4 is 15.4 Å². The molecule has 0 aliphatic carbocycles. The van der Waals surface area contributed by atoms with Crippen LogP contribution in [0.5, 0.6) is 5.75 Å². The van der Waals surface area contributed by atoms with Crippen molar-refractivity contribution in [1.29, 1.82) is 0 Å². The number of para-hydroxylation sites is 1. The van der Waals surface area contributed by atoms with Crippen molar-refractivity contribution in [2.45, 2.75) is 13.2 Å². The molecule has 0 fully saturated rings. The summed E-state index contributed by atoms with van der Waals surface area (Å²) < 4.78 is 19.6. The molecule has 0 heterocycles. The number of nitrogens with one attached hydrogen (secondary N) is 2. The minimum atomic E-state index is -0.483. The number of nitrogens with zero attached hydrogens (tertiary/aromatic N) is 1. The zero-order chi connectivity index (χ0) is 21.3. The third-order valence-electron chi connectivity index (χ3n) is 4.41. The molecular formula is C22H21ClFN3O3. The lowest BCUT2D eigenvalue weighted by Crippen LogP contribution is -2.22. The lowest BCUT2D eigenvalue weighted by molar-refractivity contribution is -0.384. The van der Waals surface area contributed by atoms with Crippen LogP contribution >= 0.6 is 11.6 Å². The highest BCUT2D eigenvalue weighted by Gasteiger charge is 2.09. The quantitative estimate of drug-likeness (QED) is 0.264. The van der Waals surface area contributed by atoms with Gasteiger partial charge in [0.15, 0.2) is 0 Å². The van der Waals surface area contributed by atoms with Gasteiger partial charge in [-0.15, -0.1) is 0 Å². The smallest absolute Gasteiger partial charge is 0.271 e. The number of benzene rings is 3. The standard InChI is InChI=1S/C22H21ClFN3O3/c23-19-13-18(27(28)29)9-10-21(19)26-12-11-25-14-16-5-2-4-8-22(16)30-15-17-6-1-3-7-20(17)24/h1-10,13,25-26H,11-12,14-15H2. The molecule has 0 aliphatic rings. The zero-order valence-corrected chi connectivity index (χ0v) is 16.9. The highest BCUT2D eigenvalue weighted by Crippen LogP contribution is 2.26. The van der Waals surface area contributed by atoms with Crippen LogP contribution in [0.4, 0.5) is 15.8 Å². The van der Waals surface area contributed by atoms with Crippen molar-refractivity contribution < 1.29 is 14.1 Å². The molecular weight excluding hydrogens is 409 g/mol. The predicted octanol–water partition coefficient (Wildman–Crippen LogP) is 5.17. The van der Waals surface area contributed by atoms with Crippen LogP contribution in [0.3, 0.4) is 0 Å². The molecule has 156 valence electrons. The molecule has 3 aromatic rings. The molecule has 0 unspecified atom stereocenters. The Hall–Kier alpha value is -3.16. The summed E-state index contributed by atoms with van der Waals surface area (Å²) in [7, 11) is 0. The second kappa shape index (κ2) is 10.6. The number of ether oxygens (including phenoxy) is 1. The van der Waals surface area contributed by atoms with Gasteiger partial charge in [0.25, 0.3) is 5.69 Å². The minimum absolute atomic E-state index is 0.0457. The Balaban J connectivity index is 1.47. The van der Waals surface area contributed by atoms with Gasteiger partial charge in [0.1, 0.15) is 18.2 Å². The summed E-state index contributed by atoms with van der Waals surface area (Å²) in [6.45, 7) is 1.94. The Labute approximate surface area is 178 Å². The number of rotatable bonds is 10. The monoisotopic (exact) mass is 429 g/mol. The van der Waals surface area contributed by atoms with E-state index in [1.54, 1.807) is 24.3 Å². The number of nitro benzene ring substituents is 1. The normalized spacial score (nSPS) is 10.6. The van der Waals surface area contributed by atoms with E-state index >= 15 is 0 Å². The van der Waals surface area contributed by atoms with Crippen molar-refractivity contribution in [3.8, 4) is 5.75 Å². The first-order chi connectivity index (χ1) is 14.5. The molecule has 3 aromatic carbocycles. The van der Waals surface area contributed by atoms with Crippen LogP contribution in [0.1, 0.15) is 11.1 Å². The number of hydrogen-bond acceptors (Lipinski definition) is 5. The molecule has 2 N–H and O–H groups in total. The van der Waals surface area contributed by atoms with Crippen LogP contribution in [0, 0.1) is 15.9 Å². The van der Waals surface area contributed by atoms with Crippen LogP contribution in [0.15, 0.2) is 66.7 Å². The van der Waals surface area contributed by atoms with E-state index in [2.05, 4.69) is 10.6 Å². The highest BCUT2D eigenvalue weighted by atomic mass is 35.5. The van der Waals surface area contributed by atoms with E-state index < -0.39 is 4.92 Å². The van der Waals surface area contributed by atoms with Crippen molar-refractivity contribution in [3.63, 3.8) is 0 Å². The molecule has 0 amide bonds. The van der Waals surface area contributed by atoms with Gasteiger partial charge in [-0.05, 0) is 18.2 Å². The van der Waals surface area contributed by atoms with Gasteiger partial charge in [0.05, 0.1) is 15.6 Å². The van der Waals surface area contributed by atoms with E-state index in [-0.39, 0.29) is 18.1 Å². The predicted molar refractivity (Wildman–Crippen MR) is 115 cm³/mol. The van der Waals surface area contributed by atoms with Gasteiger partial charge in [-0.1, -0.05) is 48.0 Å². The van der Waals surface area contributed by atoms with E-state index in [1.807, 2.05) is 24.3 Å². The summed E-state index contributed by atoms with van der Waals surface area (Å²) in [4.78, 5) is 10.3. The molecule has 0 bridgehead atoms. The van der Waals surface area contributed by atoms with Gasteiger partial charge in [-0.25, -0.2) is 4.39 Å². The van der Waals surface area contributed by atoms with Crippen molar-refractivity contribution in [2.75, 3.05) is 18.4 Å². The largest absolute Gasteiger partial charge is 0.488 e. The fourth-order valence-corrected chi connectivity index (χ4v) is 3.07. The van der Waals surface area contributed by atoms with E-state index in [4.69, 9.17) is 16.3 Å². The number of anilines is 1. The Bertz CT molecular complexity index is 1020. The first-order valence-corrected chi connectivity index (χ1v) is 9.75. The first-order valence-electron chi connectivity index (χ1n) is 9.37. The summed E-state index contributed by atoms with van der Waals surface area (Å²) in [6, 6.07) is 18.4. The average molecular weight is 430 g/mol. The number of halogens is 2. The van der Waals surface area contributed by atoms with E-state index in [1.165, 1.54) is 18.2 Å². The maximum atomic E-state index is 13.8. The molecule has 3 rings (SSSR count).